The van der Waals surface area contributed by atoms with Crippen LogP contribution in [-0.2, 0) is 0 Å². The standard InChI is InChI=1S/C13H9Cl2FN2O/c14-8-5-6-11(9(15)7-8)17-13(19)18-12-4-2-1-3-10(12)16/h1-7H,(H2,17,18,19). The van der Waals surface area contributed by atoms with Gasteiger partial charge in [-0.05, 0) is 30.3 Å². The molecule has 2 aromatic rings. The van der Waals surface area contributed by atoms with Gasteiger partial charge in [0.15, 0.2) is 0 Å². The second-order valence-electron chi connectivity index (χ2n) is 3.68. The van der Waals surface area contributed by atoms with E-state index in [9.17, 15) is 9.18 Å². The maximum atomic E-state index is 13.3. The summed E-state index contributed by atoms with van der Waals surface area (Å²) in [6.07, 6.45) is 0. The second kappa shape index (κ2) is 5.91. The van der Waals surface area contributed by atoms with Crippen molar-refractivity contribution in [2.75, 3.05) is 10.6 Å². The van der Waals surface area contributed by atoms with E-state index >= 15 is 0 Å². The monoisotopic (exact) mass is 298 g/mol. The number of hydrogen-bond acceptors (Lipinski definition) is 1. The van der Waals surface area contributed by atoms with Gasteiger partial charge in [-0.15, -0.1) is 0 Å². The lowest BCUT2D eigenvalue weighted by Crippen LogP contribution is -2.20. The van der Waals surface area contributed by atoms with Crippen LogP contribution in [0.4, 0.5) is 20.6 Å². The van der Waals surface area contributed by atoms with Gasteiger partial charge in [0.2, 0.25) is 0 Å². The van der Waals surface area contributed by atoms with Gasteiger partial charge in [0, 0.05) is 5.02 Å². The summed E-state index contributed by atoms with van der Waals surface area (Å²) in [7, 11) is 0. The van der Waals surface area contributed by atoms with Crippen LogP contribution in [0.2, 0.25) is 10.0 Å². The molecule has 0 spiro atoms. The third-order valence-electron chi connectivity index (χ3n) is 2.30. The summed E-state index contributed by atoms with van der Waals surface area (Å²) in [6, 6.07) is 9.93. The quantitative estimate of drug-likeness (QED) is 0.823. The highest BCUT2D eigenvalue weighted by molar-refractivity contribution is 6.36. The normalized spacial score (nSPS) is 10.1. The van der Waals surface area contributed by atoms with Crippen molar-refractivity contribution in [2.45, 2.75) is 0 Å². The third kappa shape index (κ3) is 3.59. The Balaban J connectivity index is 2.08. The number of halogens is 3. The van der Waals surface area contributed by atoms with Crippen LogP contribution >= 0.6 is 23.2 Å². The molecule has 6 heteroatoms. The Labute approximate surface area is 119 Å². The fourth-order valence-corrected chi connectivity index (χ4v) is 1.89. The molecular formula is C13H9Cl2FN2O. The Morgan fingerprint density at radius 2 is 1.68 bits per heavy atom. The van der Waals surface area contributed by atoms with Crippen molar-refractivity contribution >= 4 is 40.6 Å². The average molecular weight is 299 g/mol. The van der Waals surface area contributed by atoms with Crippen LogP contribution in [0.3, 0.4) is 0 Å². The minimum atomic E-state index is -0.589. The number of nitrogens with one attached hydrogen (secondary N) is 2. The summed E-state index contributed by atoms with van der Waals surface area (Å²) in [5.41, 5.74) is 0.477. The van der Waals surface area contributed by atoms with E-state index in [2.05, 4.69) is 10.6 Å². The molecule has 0 saturated carbocycles. The number of carbonyl (C=O) groups is 1. The summed E-state index contributed by atoms with van der Waals surface area (Å²) in [4.78, 5) is 11.7. The highest BCUT2D eigenvalue weighted by Crippen LogP contribution is 2.25. The van der Waals surface area contributed by atoms with Crippen molar-refractivity contribution in [3.8, 4) is 0 Å². The molecule has 2 rings (SSSR count). The van der Waals surface area contributed by atoms with Gasteiger partial charge in [0.25, 0.3) is 0 Å². The van der Waals surface area contributed by atoms with E-state index in [-0.39, 0.29) is 5.69 Å². The zero-order valence-corrected chi connectivity index (χ0v) is 11.1. The van der Waals surface area contributed by atoms with Gasteiger partial charge in [-0.3, -0.25) is 0 Å². The predicted molar refractivity (Wildman–Crippen MR) is 75.5 cm³/mol. The smallest absolute Gasteiger partial charge is 0.306 e. The number of urea groups is 1. The molecule has 0 radical (unpaired) electrons. The molecule has 98 valence electrons. The largest absolute Gasteiger partial charge is 0.323 e. The zero-order chi connectivity index (χ0) is 13.8. The zero-order valence-electron chi connectivity index (χ0n) is 9.58. The van der Waals surface area contributed by atoms with Crippen molar-refractivity contribution in [1.82, 2.24) is 0 Å². The first kappa shape index (κ1) is 13.6. The number of amides is 2. The highest BCUT2D eigenvalue weighted by atomic mass is 35.5. The summed E-state index contributed by atoms with van der Waals surface area (Å²) < 4.78 is 13.3. The molecule has 0 unspecified atom stereocenters. The van der Waals surface area contributed by atoms with Crippen LogP contribution < -0.4 is 10.6 Å². The molecule has 0 aliphatic rings. The topological polar surface area (TPSA) is 41.1 Å². The summed E-state index contributed by atoms with van der Waals surface area (Å²) in [5, 5.41) is 5.65. The van der Waals surface area contributed by atoms with Crippen molar-refractivity contribution < 1.29 is 9.18 Å². The molecule has 0 fully saturated rings. The van der Waals surface area contributed by atoms with Crippen molar-refractivity contribution in [2.24, 2.45) is 0 Å². The molecule has 0 bridgehead atoms. The minimum Gasteiger partial charge on any atom is -0.306 e. The van der Waals surface area contributed by atoms with Crippen molar-refractivity contribution in [1.29, 1.82) is 0 Å². The number of para-hydroxylation sites is 1. The summed E-state index contributed by atoms with van der Waals surface area (Å²) in [5.74, 6) is -0.514. The SMILES string of the molecule is O=C(Nc1ccccc1F)Nc1ccc(Cl)cc1Cl. The number of benzene rings is 2. The third-order valence-corrected chi connectivity index (χ3v) is 2.85. The molecule has 2 amide bonds. The van der Waals surface area contributed by atoms with Crippen LogP contribution in [0, 0.1) is 5.82 Å². The molecule has 0 aliphatic heterocycles. The number of anilines is 2. The molecule has 0 saturated heterocycles. The molecule has 0 aliphatic carbocycles. The molecule has 2 N–H and O–H groups in total. The van der Waals surface area contributed by atoms with Gasteiger partial charge >= 0.3 is 6.03 Å². The van der Waals surface area contributed by atoms with Gasteiger partial charge in [-0.1, -0.05) is 35.3 Å². The first-order chi connectivity index (χ1) is 9.06. The lowest BCUT2D eigenvalue weighted by molar-refractivity contribution is 0.262. The summed E-state index contributed by atoms with van der Waals surface area (Å²) in [6.45, 7) is 0. The Kier molecular flexibility index (Phi) is 4.24. The average Bonchev–Trinajstić information content (AvgIpc) is 2.36. The second-order valence-corrected chi connectivity index (χ2v) is 4.53. The van der Waals surface area contributed by atoms with Crippen LogP contribution in [-0.4, -0.2) is 6.03 Å². The van der Waals surface area contributed by atoms with Crippen LogP contribution in [0.25, 0.3) is 0 Å². The van der Waals surface area contributed by atoms with E-state index in [1.807, 2.05) is 0 Å². The molecule has 3 nitrogen and oxygen atoms in total. The molecule has 0 aromatic heterocycles. The Bertz CT molecular complexity index is 619. The Morgan fingerprint density at radius 1 is 1.00 bits per heavy atom. The van der Waals surface area contributed by atoms with Crippen molar-refractivity contribution in [3.63, 3.8) is 0 Å². The predicted octanol–water partition coefficient (Wildman–Crippen LogP) is 4.78. The van der Waals surface area contributed by atoms with Gasteiger partial charge in [-0.25, -0.2) is 9.18 Å². The lowest BCUT2D eigenvalue weighted by Gasteiger charge is -2.09. The first-order valence-corrected chi connectivity index (χ1v) is 6.09. The van der Waals surface area contributed by atoms with Crippen molar-refractivity contribution in [3.05, 3.63) is 58.3 Å². The molecule has 0 heterocycles. The fourth-order valence-electron chi connectivity index (χ4n) is 1.43. The molecule has 0 atom stereocenters. The lowest BCUT2D eigenvalue weighted by atomic mass is 10.3. The van der Waals surface area contributed by atoms with E-state index < -0.39 is 11.8 Å². The van der Waals surface area contributed by atoms with E-state index in [0.29, 0.717) is 15.7 Å². The minimum absolute atomic E-state index is 0.0880. The van der Waals surface area contributed by atoms with E-state index in [1.54, 1.807) is 18.2 Å². The van der Waals surface area contributed by atoms with Crippen LogP contribution in [0.1, 0.15) is 0 Å². The summed E-state index contributed by atoms with van der Waals surface area (Å²) >= 11 is 11.6. The van der Waals surface area contributed by atoms with Gasteiger partial charge in [-0.2, -0.15) is 0 Å². The number of rotatable bonds is 2. The maximum Gasteiger partial charge on any atom is 0.323 e. The van der Waals surface area contributed by atoms with Gasteiger partial charge < -0.3 is 10.6 Å². The Morgan fingerprint density at radius 3 is 2.37 bits per heavy atom. The van der Waals surface area contributed by atoms with Crippen LogP contribution in [0.15, 0.2) is 42.5 Å². The first-order valence-electron chi connectivity index (χ1n) is 5.34. The Hall–Kier alpha value is -1.78. The molecule has 19 heavy (non-hydrogen) atoms. The maximum absolute atomic E-state index is 13.3. The van der Waals surface area contributed by atoms with E-state index in [1.165, 1.54) is 24.3 Å². The molecule has 2 aromatic carbocycles. The number of hydrogen-bond donors (Lipinski definition) is 2. The fraction of sp³-hybridized carbons (Fsp3) is 0. The van der Waals surface area contributed by atoms with Gasteiger partial charge in [0.05, 0.1) is 16.4 Å². The highest BCUT2D eigenvalue weighted by Gasteiger charge is 2.08. The number of carbonyl (C=O) groups excluding carboxylic acids is 1. The van der Waals surface area contributed by atoms with Gasteiger partial charge in [0.1, 0.15) is 5.82 Å². The van der Waals surface area contributed by atoms with Crippen LogP contribution in [0.5, 0.6) is 0 Å². The van der Waals surface area contributed by atoms with E-state index in [0.717, 1.165) is 0 Å². The molecular weight excluding hydrogens is 290 g/mol. The van der Waals surface area contributed by atoms with E-state index in [4.69, 9.17) is 23.2 Å².